The molecule has 132 valence electrons. The normalized spacial score (nSPS) is 25.4. The van der Waals surface area contributed by atoms with Crippen molar-refractivity contribution >= 4 is 17.5 Å². The molecule has 0 radical (unpaired) electrons. The van der Waals surface area contributed by atoms with E-state index >= 15 is 0 Å². The third-order valence-corrected chi connectivity index (χ3v) is 5.66. The molecule has 4 nitrogen and oxygen atoms in total. The molecule has 5 heteroatoms. The number of amides is 1. The van der Waals surface area contributed by atoms with Crippen LogP contribution in [0.2, 0.25) is 5.02 Å². The van der Waals surface area contributed by atoms with E-state index in [4.69, 9.17) is 11.6 Å². The molecule has 0 atom stereocenters. The number of hydrogen-bond donors (Lipinski definition) is 3. The molecule has 1 aliphatic carbocycles. The fourth-order valence-electron chi connectivity index (χ4n) is 3.95. The molecule has 3 N–H and O–H groups in total. The predicted octanol–water partition coefficient (Wildman–Crippen LogP) is 0.0723. The molecule has 0 spiro atoms. The van der Waals surface area contributed by atoms with Crippen LogP contribution in [0.15, 0.2) is 24.3 Å². The molecule has 2 fully saturated rings. The monoisotopic (exact) mass is 351 g/mol. The van der Waals surface area contributed by atoms with Crippen molar-refractivity contribution in [2.75, 3.05) is 32.7 Å². The van der Waals surface area contributed by atoms with Crippen molar-refractivity contribution < 1.29 is 14.6 Å². The van der Waals surface area contributed by atoms with Crippen LogP contribution in [0.5, 0.6) is 0 Å². The second-order valence-electron chi connectivity index (χ2n) is 7.38. The zero-order valence-corrected chi connectivity index (χ0v) is 15.2. The number of quaternary nitrogens is 2. The van der Waals surface area contributed by atoms with Gasteiger partial charge >= 0.3 is 0 Å². The summed E-state index contributed by atoms with van der Waals surface area (Å²) in [5.41, 5.74) is 1.34. The Balaban J connectivity index is 1.37. The summed E-state index contributed by atoms with van der Waals surface area (Å²) >= 11 is 5.94. The van der Waals surface area contributed by atoms with Crippen molar-refractivity contribution in [1.29, 1.82) is 0 Å². The highest BCUT2D eigenvalue weighted by molar-refractivity contribution is 6.30. The van der Waals surface area contributed by atoms with E-state index < -0.39 is 0 Å². The van der Waals surface area contributed by atoms with Crippen molar-refractivity contribution in [1.82, 2.24) is 5.32 Å². The molecule has 3 rings (SSSR count). The number of carbonyl (C=O) groups is 1. The van der Waals surface area contributed by atoms with Gasteiger partial charge in [0.05, 0.1) is 0 Å². The average Bonchev–Trinajstić information content (AvgIpc) is 2.59. The van der Waals surface area contributed by atoms with Crippen LogP contribution in [0, 0.1) is 0 Å². The van der Waals surface area contributed by atoms with E-state index in [1.54, 1.807) is 4.90 Å². The summed E-state index contributed by atoms with van der Waals surface area (Å²) in [4.78, 5) is 15.3. The molecule has 24 heavy (non-hydrogen) atoms. The lowest BCUT2D eigenvalue weighted by Crippen LogP contribution is -3.28. The molecular weight excluding hydrogens is 322 g/mol. The van der Waals surface area contributed by atoms with Crippen LogP contribution in [-0.4, -0.2) is 44.7 Å². The lowest BCUT2D eigenvalue weighted by Gasteiger charge is -2.30. The van der Waals surface area contributed by atoms with E-state index in [1.165, 1.54) is 42.6 Å². The summed E-state index contributed by atoms with van der Waals surface area (Å²) in [6, 6.07) is 8.60. The first-order valence-electron chi connectivity index (χ1n) is 9.40. The molecule has 1 aromatic rings. The van der Waals surface area contributed by atoms with E-state index in [2.05, 4.69) is 17.4 Å². The summed E-state index contributed by atoms with van der Waals surface area (Å²) in [6.45, 7) is 6.13. The van der Waals surface area contributed by atoms with Gasteiger partial charge in [-0.25, -0.2) is 0 Å². The van der Waals surface area contributed by atoms with Crippen molar-refractivity contribution in [3.05, 3.63) is 34.9 Å². The summed E-state index contributed by atoms with van der Waals surface area (Å²) in [5.74, 6) is 0.248. The minimum Gasteiger partial charge on any atom is -0.348 e. The number of carbonyl (C=O) groups excluding carboxylic acids is 1. The molecule has 1 heterocycles. The maximum absolute atomic E-state index is 12.2. The number of rotatable bonds is 5. The van der Waals surface area contributed by atoms with Gasteiger partial charge in [0.25, 0.3) is 5.91 Å². The van der Waals surface area contributed by atoms with E-state index in [0.717, 1.165) is 37.7 Å². The number of piperazine rings is 1. The van der Waals surface area contributed by atoms with Gasteiger partial charge in [-0.3, -0.25) is 4.79 Å². The van der Waals surface area contributed by atoms with E-state index in [0.29, 0.717) is 12.6 Å². The fraction of sp³-hybridized carbons (Fsp3) is 0.632. The summed E-state index contributed by atoms with van der Waals surface area (Å²) in [5, 5.41) is 4.04. The molecule has 1 aliphatic heterocycles. The Hall–Kier alpha value is -1.10. The van der Waals surface area contributed by atoms with Gasteiger partial charge in [-0.15, -0.1) is 0 Å². The highest BCUT2D eigenvalue weighted by atomic mass is 35.5. The van der Waals surface area contributed by atoms with Crippen LogP contribution in [0.3, 0.4) is 0 Å². The van der Waals surface area contributed by atoms with Crippen molar-refractivity contribution in [2.45, 2.75) is 44.7 Å². The second-order valence-corrected chi connectivity index (χ2v) is 7.82. The van der Waals surface area contributed by atoms with Crippen LogP contribution in [-0.2, 0) is 11.3 Å². The zero-order valence-electron chi connectivity index (χ0n) is 14.5. The van der Waals surface area contributed by atoms with Gasteiger partial charge in [0.2, 0.25) is 0 Å². The van der Waals surface area contributed by atoms with E-state index in [1.807, 2.05) is 12.1 Å². The van der Waals surface area contributed by atoms with Crippen LogP contribution >= 0.6 is 11.6 Å². The average molecular weight is 352 g/mol. The zero-order chi connectivity index (χ0) is 16.8. The van der Waals surface area contributed by atoms with E-state index in [-0.39, 0.29) is 5.91 Å². The first kappa shape index (κ1) is 17.7. The van der Waals surface area contributed by atoms with Crippen LogP contribution in [0.4, 0.5) is 0 Å². The summed E-state index contributed by atoms with van der Waals surface area (Å²) in [7, 11) is 0. The molecule has 1 saturated heterocycles. The van der Waals surface area contributed by atoms with Crippen molar-refractivity contribution in [3.63, 3.8) is 0 Å². The van der Waals surface area contributed by atoms with Gasteiger partial charge in [0.1, 0.15) is 32.7 Å². The second kappa shape index (κ2) is 8.84. The van der Waals surface area contributed by atoms with Crippen LogP contribution in [0.25, 0.3) is 0 Å². The highest BCUT2D eigenvalue weighted by Gasteiger charge is 2.26. The molecule has 1 saturated carbocycles. The third-order valence-electron chi connectivity index (χ3n) is 5.41. The molecular formula is C19H30ClN3O+2. The van der Waals surface area contributed by atoms with Crippen LogP contribution < -0.4 is 15.1 Å². The Morgan fingerprint density at radius 1 is 1.00 bits per heavy atom. The molecule has 0 aromatic heterocycles. The Bertz CT molecular complexity index is 520. The Labute approximate surface area is 150 Å². The number of nitrogens with one attached hydrogen (secondary N) is 3. The fourth-order valence-corrected chi connectivity index (χ4v) is 4.08. The molecule has 1 aromatic carbocycles. The van der Waals surface area contributed by atoms with Crippen LogP contribution in [0.1, 0.15) is 37.7 Å². The van der Waals surface area contributed by atoms with Gasteiger partial charge in [0, 0.05) is 16.6 Å². The number of benzene rings is 1. The lowest BCUT2D eigenvalue weighted by molar-refractivity contribution is -1.02. The highest BCUT2D eigenvalue weighted by Crippen LogP contribution is 2.17. The largest absolute Gasteiger partial charge is 0.348 e. The summed E-state index contributed by atoms with van der Waals surface area (Å²) in [6.07, 6.45) is 6.20. The SMILES string of the molecule is O=C(C[NH+]1CC[NH+](Cc2ccc(Cl)cc2)CC1)NC1CCCCC1. The number of hydrogen-bond acceptors (Lipinski definition) is 1. The standard InChI is InChI=1S/C19H28ClN3O/c20-17-8-6-16(7-9-17)14-22-10-12-23(13-11-22)15-19(24)21-18-4-2-1-3-5-18/h6-9,18H,1-5,10-15H2,(H,21,24)/p+2. The van der Waals surface area contributed by atoms with Gasteiger partial charge < -0.3 is 15.1 Å². The van der Waals surface area contributed by atoms with Gasteiger partial charge in [-0.2, -0.15) is 0 Å². The Morgan fingerprint density at radius 2 is 1.62 bits per heavy atom. The third kappa shape index (κ3) is 5.47. The van der Waals surface area contributed by atoms with Gasteiger partial charge in [0.15, 0.2) is 6.54 Å². The Kier molecular flexibility index (Phi) is 6.52. The maximum Gasteiger partial charge on any atom is 0.275 e. The Morgan fingerprint density at radius 3 is 2.29 bits per heavy atom. The smallest absolute Gasteiger partial charge is 0.275 e. The molecule has 0 unspecified atom stereocenters. The summed E-state index contributed by atoms with van der Waals surface area (Å²) < 4.78 is 0. The minimum absolute atomic E-state index is 0.248. The van der Waals surface area contributed by atoms with Gasteiger partial charge in [-0.05, 0) is 25.0 Å². The predicted molar refractivity (Wildman–Crippen MR) is 96.4 cm³/mol. The van der Waals surface area contributed by atoms with Crippen molar-refractivity contribution in [2.24, 2.45) is 0 Å². The topological polar surface area (TPSA) is 38.0 Å². The first-order chi connectivity index (χ1) is 11.7. The molecule has 1 amide bonds. The molecule has 2 aliphatic rings. The van der Waals surface area contributed by atoms with E-state index in [9.17, 15) is 4.79 Å². The minimum atomic E-state index is 0.248. The lowest BCUT2D eigenvalue weighted by atomic mass is 9.95. The van der Waals surface area contributed by atoms with Crippen molar-refractivity contribution in [3.8, 4) is 0 Å². The quantitative estimate of drug-likeness (QED) is 0.690. The maximum atomic E-state index is 12.2. The number of halogens is 1. The molecule has 0 bridgehead atoms. The van der Waals surface area contributed by atoms with Gasteiger partial charge in [-0.1, -0.05) is 43.0 Å². The first-order valence-corrected chi connectivity index (χ1v) is 9.78.